The van der Waals surface area contributed by atoms with Gasteiger partial charge in [0.15, 0.2) is 5.75 Å². The quantitative estimate of drug-likeness (QED) is 0.575. The van der Waals surface area contributed by atoms with Gasteiger partial charge < -0.3 is 25.2 Å². The van der Waals surface area contributed by atoms with Gasteiger partial charge >= 0.3 is 0 Å². The van der Waals surface area contributed by atoms with E-state index in [1.54, 1.807) is 21.9 Å². The topological polar surface area (TPSA) is 125 Å². The van der Waals surface area contributed by atoms with E-state index in [-0.39, 0.29) is 29.0 Å². The highest BCUT2D eigenvalue weighted by Gasteiger charge is 2.33. The molecule has 2 aliphatic heterocycles. The predicted octanol–water partition coefficient (Wildman–Crippen LogP) is -0.408. The second-order valence-electron chi connectivity index (χ2n) is 7.85. The maximum atomic E-state index is 13.2. The maximum absolute atomic E-state index is 13.2. The average molecular weight is 454 g/mol. The summed E-state index contributed by atoms with van der Waals surface area (Å²) in [7, 11) is -0.806. The van der Waals surface area contributed by atoms with Crippen LogP contribution in [0.4, 0.5) is 5.69 Å². The van der Waals surface area contributed by atoms with Gasteiger partial charge in [-0.25, -0.2) is 8.42 Å². The molecule has 10 nitrogen and oxygen atoms in total. The van der Waals surface area contributed by atoms with Crippen molar-refractivity contribution in [2.24, 2.45) is 5.73 Å². The molecule has 0 aromatic heterocycles. The van der Waals surface area contributed by atoms with Crippen LogP contribution in [-0.2, 0) is 19.6 Å². The number of amides is 2. The summed E-state index contributed by atoms with van der Waals surface area (Å²) < 4.78 is 34.3. The second-order valence-corrected chi connectivity index (χ2v) is 9.53. The molecule has 2 heterocycles. The van der Waals surface area contributed by atoms with Crippen LogP contribution in [0.25, 0.3) is 0 Å². The Morgan fingerprint density at radius 3 is 2.52 bits per heavy atom. The van der Waals surface area contributed by atoms with Crippen LogP contribution in [0.3, 0.4) is 0 Å². The molecule has 172 valence electrons. The summed E-state index contributed by atoms with van der Waals surface area (Å²) in [5.41, 5.74) is 6.17. The largest absolute Gasteiger partial charge is 0.493 e. The number of carbonyl (C=O) groups is 2. The maximum Gasteiger partial charge on any atom is 0.245 e. The zero-order valence-electron chi connectivity index (χ0n) is 18.0. The number of piperazine rings is 1. The molecule has 2 amide bonds. The van der Waals surface area contributed by atoms with Crippen LogP contribution < -0.4 is 20.1 Å². The smallest absolute Gasteiger partial charge is 0.245 e. The molecule has 2 fully saturated rings. The van der Waals surface area contributed by atoms with Crippen molar-refractivity contribution in [2.45, 2.75) is 30.2 Å². The van der Waals surface area contributed by atoms with Gasteiger partial charge in [0, 0.05) is 45.7 Å². The number of anilines is 1. The first-order valence-electron chi connectivity index (χ1n) is 10.5. The number of nitrogens with two attached hydrogens (primary N) is 1. The van der Waals surface area contributed by atoms with Crippen LogP contribution in [0.1, 0.15) is 19.3 Å². The first kappa shape index (κ1) is 23.5. The molecule has 2 aliphatic rings. The van der Waals surface area contributed by atoms with Gasteiger partial charge in [0.2, 0.25) is 21.8 Å². The number of benzene rings is 1. The van der Waals surface area contributed by atoms with Crippen molar-refractivity contribution in [2.75, 3.05) is 58.3 Å². The third-order valence-corrected chi connectivity index (χ3v) is 7.21. The Morgan fingerprint density at radius 1 is 1.19 bits per heavy atom. The zero-order chi connectivity index (χ0) is 22.6. The number of likely N-dealkylation sites (N-methyl/N-ethyl adjacent to an activating group) is 1. The number of carbonyl (C=O) groups excluding carboxylic acids is 2. The average Bonchev–Trinajstić information content (AvgIpc) is 2.77. The number of piperidine rings is 1. The molecule has 0 radical (unpaired) electrons. The minimum Gasteiger partial charge on any atom is -0.493 e. The molecule has 1 aromatic carbocycles. The fraction of sp³-hybridized carbons (Fsp3) is 0.600. The number of ether oxygens (including phenoxy) is 1. The Hall–Kier alpha value is -2.21. The van der Waals surface area contributed by atoms with Gasteiger partial charge in [-0.05, 0) is 32.0 Å². The van der Waals surface area contributed by atoms with Gasteiger partial charge in [0.05, 0.1) is 12.8 Å². The van der Waals surface area contributed by atoms with Gasteiger partial charge in [-0.2, -0.15) is 4.72 Å². The molecule has 3 rings (SSSR count). The molecule has 0 aliphatic carbocycles. The predicted molar refractivity (Wildman–Crippen MR) is 116 cm³/mol. The van der Waals surface area contributed by atoms with Gasteiger partial charge in [0.1, 0.15) is 10.9 Å². The van der Waals surface area contributed by atoms with E-state index < -0.39 is 16.1 Å². The summed E-state index contributed by atoms with van der Waals surface area (Å²) >= 11 is 0. The van der Waals surface area contributed by atoms with Gasteiger partial charge in [-0.3, -0.25) is 9.59 Å². The highest BCUT2D eigenvalue weighted by atomic mass is 32.2. The van der Waals surface area contributed by atoms with Crippen LogP contribution in [0.15, 0.2) is 23.1 Å². The fourth-order valence-corrected chi connectivity index (χ4v) is 5.28. The van der Waals surface area contributed by atoms with Crippen molar-refractivity contribution in [1.29, 1.82) is 0 Å². The molecule has 1 atom stereocenters. The molecule has 2 saturated heterocycles. The standard InChI is InChI=1S/C20H31N5O5S/c1-23-10-12-24(13-11-23)20(27)15(14-21)22-31(28,29)17-7-5-6-16(19(17)30-2)25-9-4-3-8-18(25)26/h5-7,15,22H,3-4,8-14,21H2,1-2H3/t15-/m0/s1. The van der Waals surface area contributed by atoms with Crippen LogP contribution in [0.2, 0.25) is 0 Å². The van der Waals surface area contributed by atoms with Crippen molar-refractivity contribution in [3.8, 4) is 5.75 Å². The molecule has 0 spiro atoms. The summed E-state index contributed by atoms with van der Waals surface area (Å²) in [6.45, 7) is 2.80. The lowest BCUT2D eigenvalue weighted by molar-refractivity contribution is -0.134. The molecule has 3 N–H and O–H groups in total. The minimum atomic E-state index is -4.14. The highest BCUT2D eigenvalue weighted by molar-refractivity contribution is 7.89. The van der Waals surface area contributed by atoms with Crippen molar-refractivity contribution >= 4 is 27.5 Å². The molecular weight excluding hydrogens is 422 g/mol. The Bertz CT molecular complexity index is 915. The normalized spacial score (nSPS) is 19.4. The van der Waals surface area contributed by atoms with E-state index in [0.717, 1.165) is 25.9 Å². The van der Waals surface area contributed by atoms with Crippen molar-refractivity contribution in [3.05, 3.63) is 18.2 Å². The number of nitrogens with zero attached hydrogens (tertiary/aromatic N) is 3. The number of hydrogen-bond donors (Lipinski definition) is 2. The van der Waals surface area contributed by atoms with E-state index in [0.29, 0.717) is 31.7 Å². The lowest BCUT2D eigenvalue weighted by atomic mass is 10.1. The second kappa shape index (κ2) is 9.94. The monoisotopic (exact) mass is 453 g/mol. The third-order valence-electron chi connectivity index (χ3n) is 5.71. The van der Waals surface area contributed by atoms with Crippen LogP contribution in [-0.4, -0.2) is 89.5 Å². The molecule has 1 aromatic rings. The summed E-state index contributed by atoms with van der Waals surface area (Å²) in [5.74, 6) is -0.342. The van der Waals surface area contributed by atoms with Crippen LogP contribution >= 0.6 is 0 Å². The Morgan fingerprint density at radius 2 is 1.90 bits per heavy atom. The summed E-state index contributed by atoms with van der Waals surface area (Å²) in [6.07, 6.45) is 2.05. The highest BCUT2D eigenvalue weighted by Crippen LogP contribution is 2.36. The minimum absolute atomic E-state index is 0.0721. The van der Waals surface area contributed by atoms with E-state index >= 15 is 0 Å². The number of nitrogens with one attached hydrogen (secondary N) is 1. The number of para-hydroxylation sites is 1. The van der Waals surface area contributed by atoms with E-state index in [1.807, 2.05) is 7.05 Å². The van der Waals surface area contributed by atoms with Crippen molar-refractivity contribution < 1.29 is 22.7 Å². The Labute approximate surface area is 183 Å². The van der Waals surface area contributed by atoms with Crippen molar-refractivity contribution in [1.82, 2.24) is 14.5 Å². The fourth-order valence-electron chi connectivity index (χ4n) is 3.89. The van der Waals surface area contributed by atoms with Crippen molar-refractivity contribution in [3.63, 3.8) is 0 Å². The number of sulfonamides is 1. The molecule has 0 saturated carbocycles. The van der Waals surface area contributed by atoms with E-state index in [4.69, 9.17) is 10.5 Å². The van der Waals surface area contributed by atoms with Gasteiger partial charge in [0.25, 0.3) is 0 Å². The lowest BCUT2D eigenvalue weighted by Gasteiger charge is -2.34. The zero-order valence-corrected chi connectivity index (χ0v) is 18.9. The summed E-state index contributed by atoms with van der Waals surface area (Å²) in [4.78, 5) is 30.4. The number of methoxy groups -OCH3 is 1. The van der Waals surface area contributed by atoms with Gasteiger partial charge in [-0.1, -0.05) is 6.07 Å². The summed E-state index contributed by atoms with van der Waals surface area (Å²) in [5, 5.41) is 0. The first-order chi connectivity index (χ1) is 14.8. The molecular formula is C20H31N5O5S. The number of rotatable bonds is 7. The molecule has 0 bridgehead atoms. The lowest BCUT2D eigenvalue weighted by Crippen LogP contribution is -2.56. The first-order valence-corrected chi connectivity index (χ1v) is 11.9. The molecule has 31 heavy (non-hydrogen) atoms. The van der Waals surface area contributed by atoms with E-state index in [9.17, 15) is 18.0 Å². The number of hydrogen-bond acceptors (Lipinski definition) is 7. The van der Waals surface area contributed by atoms with Crippen LogP contribution in [0, 0.1) is 0 Å². The third kappa shape index (κ3) is 5.17. The van der Waals surface area contributed by atoms with E-state index in [1.165, 1.54) is 13.2 Å². The molecule has 0 unspecified atom stereocenters. The van der Waals surface area contributed by atoms with E-state index in [2.05, 4.69) is 9.62 Å². The Balaban J connectivity index is 1.86. The summed E-state index contributed by atoms with van der Waals surface area (Å²) in [6, 6.07) is 3.54. The van der Waals surface area contributed by atoms with Crippen LogP contribution in [0.5, 0.6) is 5.75 Å². The Kier molecular flexibility index (Phi) is 7.52. The SMILES string of the molecule is COc1c(N2CCCCC2=O)cccc1S(=O)(=O)N[C@@H](CN)C(=O)N1CCN(C)CC1. The van der Waals surface area contributed by atoms with Gasteiger partial charge in [-0.15, -0.1) is 0 Å². The molecule has 11 heteroatoms.